The Morgan fingerprint density at radius 1 is 0.870 bits per heavy atom. The predicted molar refractivity (Wildman–Crippen MR) is 96.7 cm³/mol. The molecule has 118 valence electrons. The lowest BCUT2D eigenvalue weighted by Crippen LogP contribution is -2.26. The molecule has 3 rings (SSSR count). The summed E-state index contributed by atoms with van der Waals surface area (Å²) in [5.74, 6) is 0. The van der Waals surface area contributed by atoms with E-state index in [2.05, 4.69) is 15.9 Å². The number of nitrogens with zero attached hydrogens (tertiary/aromatic N) is 1. The fourth-order valence-electron chi connectivity index (χ4n) is 2.55. The Balaban J connectivity index is 2.05. The summed E-state index contributed by atoms with van der Waals surface area (Å²) in [4.78, 5) is 0.328. The Kier molecular flexibility index (Phi) is 4.53. The normalized spacial score (nSPS) is 12.0. The van der Waals surface area contributed by atoms with Gasteiger partial charge in [0, 0.05) is 23.5 Å². The van der Waals surface area contributed by atoms with E-state index in [1.807, 2.05) is 54.6 Å². The average Bonchev–Trinajstić information content (AvgIpc) is 2.56. The van der Waals surface area contributed by atoms with Crippen molar-refractivity contribution in [2.45, 2.75) is 11.4 Å². The van der Waals surface area contributed by atoms with E-state index >= 15 is 0 Å². The smallest absolute Gasteiger partial charge is 0.207 e. The summed E-state index contributed by atoms with van der Waals surface area (Å²) in [6.45, 7) is 0.341. The highest BCUT2D eigenvalue weighted by atomic mass is 79.9. The lowest BCUT2D eigenvalue weighted by atomic mass is 10.1. The highest BCUT2D eigenvalue weighted by Crippen LogP contribution is 2.31. The first-order valence-electron chi connectivity index (χ1n) is 7.17. The van der Waals surface area contributed by atoms with Crippen LogP contribution in [-0.2, 0) is 16.6 Å². The molecule has 0 atom stereocenters. The van der Waals surface area contributed by atoms with Crippen LogP contribution < -0.4 is 0 Å². The molecule has 23 heavy (non-hydrogen) atoms. The molecule has 0 aliphatic rings. The van der Waals surface area contributed by atoms with Gasteiger partial charge >= 0.3 is 0 Å². The van der Waals surface area contributed by atoms with Gasteiger partial charge in [-0.3, -0.25) is 0 Å². The third-order valence-corrected chi connectivity index (χ3v) is 6.32. The van der Waals surface area contributed by atoms with Crippen LogP contribution in [0.25, 0.3) is 10.8 Å². The van der Waals surface area contributed by atoms with Gasteiger partial charge in [0.15, 0.2) is 0 Å². The van der Waals surface area contributed by atoms with E-state index in [0.29, 0.717) is 11.4 Å². The van der Waals surface area contributed by atoms with Gasteiger partial charge < -0.3 is 0 Å². The zero-order valence-corrected chi connectivity index (χ0v) is 15.0. The van der Waals surface area contributed by atoms with E-state index in [9.17, 15) is 8.42 Å². The van der Waals surface area contributed by atoms with E-state index in [0.717, 1.165) is 20.8 Å². The molecule has 0 aliphatic carbocycles. The topological polar surface area (TPSA) is 37.4 Å². The molecule has 0 fully saturated rings. The zero-order valence-electron chi connectivity index (χ0n) is 12.6. The van der Waals surface area contributed by atoms with E-state index in [1.165, 1.54) is 4.31 Å². The van der Waals surface area contributed by atoms with E-state index in [1.54, 1.807) is 19.2 Å². The van der Waals surface area contributed by atoms with Gasteiger partial charge in [-0.05, 0) is 23.1 Å². The van der Waals surface area contributed by atoms with Gasteiger partial charge in [0.25, 0.3) is 0 Å². The third kappa shape index (κ3) is 3.17. The minimum absolute atomic E-state index is 0.328. The number of halogens is 1. The highest BCUT2D eigenvalue weighted by Gasteiger charge is 2.23. The fraction of sp³-hybridized carbons (Fsp3) is 0.111. The van der Waals surface area contributed by atoms with Crippen LogP contribution in [0, 0.1) is 0 Å². The zero-order chi connectivity index (χ0) is 16.4. The number of sulfonamides is 1. The van der Waals surface area contributed by atoms with E-state index in [4.69, 9.17) is 0 Å². The summed E-state index contributed by atoms with van der Waals surface area (Å²) in [7, 11) is -1.96. The molecule has 0 radical (unpaired) electrons. The van der Waals surface area contributed by atoms with Crippen molar-refractivity contribution in [1.29, 1.82) is 0 Å². The van der Waals surface area contributed by atoms with Crippen molar-refractivity contribution in [2.24, 2.45) is 0 Å². The predicted octanol–water partition coefficient (Wildman–Crippen LogP) is 4.42. The summed E-state index contributed by atoms with van der Waals surface area (Å²) in [5, 5.41) is 1.61. The molecule has 0 aromatic heterocycles. The maximum Gasteiger partial charge on any atom is 0.243 e. The van der Waals surface area contributed by atoms with Crippen molar-refractivity contribution < 1.29 is 8.42 Å². The Bertz CT molecular complexity index is 940. The molecule has 0 saturated carbocycles. The minimum Gasteiger partial charge on any atom is -0.207 e. The summed E-state index contributed by atoms with van der Waals surface area (Å²) >= 11 is 3.48. The number of rotatable bonds is 4. The maximum atomic E-state index is 13.0. The molecule has 0 unspecified atom stereocenters. The van der Waals surface area contributed by atoms with Crippen LogP contribution in [0.3, 0.4) is 0 Å². The maximum absolute atomic E-state index is 13.0. The van der Waals surface area contributed by atoms with Gasteiger partial charge in [0.1, 0.15) is 0 Å². The first kappa shape index (κ1) is 16.2. The van der Waals surface area contributed by atoms with Gasteiger partial charge in [-0.2, -0.15) is 4.31 Å². The molecule has 3 aromatic rings. The van der Waals surface area contributed by atoms with Crippen molar-refractivity contribution in [3.05, 3.63) is 76.8 Å². The van der Waals surface area contributed by atoms with E-state index < -0.39 is 10.0 Å². The number of hydrogen-bond acceptors (Lipinski definition) is 2. The summed E-state index contributed by atoms with van der Waals surface area (Å²) in [5.41, 5.74) is 0.958. The second-order valence-electron chi connectivity index (χ2n) is 5.34. The second kappa shape index (κ2) is 6.43. The SMILES string of the molecule is CN(Cc1ccccc1)S(=O)(=O)c1ccc(Br)c2ccccc12. The third-order valence-electron chi connectivity index (χ3n) is 3.77. The number of fused-ring (bicyclic) bond motifs is 1. The lowest BCUT2D eigenvalue weighted by molar-refractivity contribution is 0.467. The van der Waals surface area contributed by atoms with Crippen molar-refractivity contribution in [1.82, 2.24) is 4.31 Å². The quantitative estimate of drug-likeness (QED) is 0.661. The molecule has 0 amide bonds. The average molecular weight is 390 g/mol. The van der Waals surface area contributed by atoms with Crippen molar-refractivity contribution in [3.8, 4) is 0 Å². The standard InChI is InChI=1S/C18H16BrNO2S/c1-20(13-14-7-3-2-4-8-14)23(21,22)18-12-11-17(19)15-9-5-6-10-16(15)18/h2-12H,13H2,1H3. The van der Waals surface area contributed by atoms with Crippen LogP contribution in [0.4, 0.5) is 0 Å². The molecule has 5 heteroatoms. The first-order chi connectivity index (χ1) is 11.0. The van der Waals surface area contributed by atoms with Crippen LogP contribution in [0.2, 0.25) is 0 Å². The molecule has 0 bridgehead atoms. The molecule has 3 aromatic carbocycles. The Morgan fingerprint density at radius 3 is 2.17 bits per heavy atom. The summed E-state index contributed by atoms with van der Waals surface area (Å²) in [6, 6.07) is 20.5. The number of benzene rings is 3. The molecule has 0 saturated heterocycles. The molecule has 3 nitrogen and oxygen atoms in total. The summed E-state index contributed by atoms with van der Waals surface area (Å²) in [6.07, 6.45) is 0. The van der Waals surface area contributed by atoms with Gasteiger partial charge in [-0.15, -0.1) is 0 Å². The largest absolute Gasteiger partial charge is 0.243 e. The second-order valence-corrected chi connectivity index (χ2v) is 8.21. The van der Waals surface area contributed by atoms with E-state index in [-0.39, 0.29) is 0 Å². The Morgan fingerprint density at radius 2 is 1.48 bits per heavy atom. The van der Waals surface area contributed by atoms with Crippen LogP contribution in [0.5, 0.6) is 0 Å². The van der Waals surface area contributed by atoms with Gasteiger partial charge in [0.05, 0.1) is 4.90 Å². The lowest BCUT2D eigenvalue weighted by Gasteiger charge is -2.19. The van der Waals surface area contributed by atoms with Crippen LogP contribution in [-0.4, -0.2) is 19.8 Å². The van der Waals surface area contributed by atoms with Crippen LogP contribution in [0.1, 0.15) is 5.56 Å². The molecule has 0 N–H and O–H groups in total. The molecule has 0 spiro atoms. The summed E-state index contributed by atoms with van der Waals surface area (Å²) < 4.78 is 28.2. The fourth-order valence-corrected chi connectivity index (χ4v) is 4.38. The van der Waals surface area contributed by atoms with Crippen molar-refractivity contribution in [3.63, 3.8) is 0 Å². The van der Waals surface area contributed by atoms with Crippen molar-refractivity contribution >= 4 is 36.7 Å². The van der Waals surface area contributed by atoms with Gasteiger partial charge in [-0.1, -0.05) is 70.5 Å². The monoisotopic (exact) mass is 389 g/mol. The minimum atomic E-state index is -3.57. The Hall–Kier alpha value is -1.69. The van der Waals surface area contributed by atoms with Crippen LogP contribution >= 0.6 is 15.9 Å². The van der Waals surface area contributed by atoms with Crippen LogP contribution in [0.15, 0.2) is 76.1 Å². The molecule has 0 heterocycles. The highest BCUT2D eigenvalue weighted by molar-refractivity contribution is 9.10. The molecule has 0 aliphatic heterocycles. The van der Waals surface area contributed by atoms with Gasteiger partial charge in [0.2, 0.25) is 10.0 Å². The van der Waals surface area contributed by atoms with Gasteiger partial charge in [-0.25, -0.2) is 8.42 Å². The molecular weight excluding hydrogens is 374 g/mol. The first-order valence-corrected chi connectivity index (χ1v) is 9.41. The van der Waals surface area contributed by atoms with Crippen molar-refractivity contribution in [2.75, 3.05) is 7.05 Å². The molecular formula is C18H16BrNO2S. The Labute approximate surface area is 144 Å². The number of hydrogen-bond donors (Lipinski definition) is 0.